The monoisotopic (exact) mass is 208 g/mol. The lowest BCUT2D eigenvalue weighted by molar-refractivity contribution is 0.195. The number of benzene rings is 1. The molecule has 0 bridgehead atoms. The van der Waals surface area contributed by atoms with Crippen LogP contribution in [0.15, 0.2) is 29.3 Å². The quantitative estimate of drug-likeness (QED) is 0.702. The zero-order chi connectivity index (χ0) is 11.0. The zero-order valence-corrected chi connectivity index (χ0v) is 7.35. The van der Waals surface area contributed by atoms with Crippen LogP contribution in [-0.2, 0) is 0 Å². The molecule has 0 aliphatic carbocycles. The number of fused-ring (bicyclic) bond motifs is 1. The number of carboxylic acid groups (broad SMARTS) is 1. The van der Waals surface area contributed by atoms with Gasteiger partial charge in [-0.05, 0) is 18.2 Å². The highest BCUT2D eigenvalue weighted by atomic mass is 19.1. The summed E-state index contributed by atoms with van der Waals surface area (Å²) in [5.74, 6) is -0.607. The van der Waals surface area contributed by atoms with Crippen LogP contribution in [0.3, 0.4) is 0 Å². The molecular weight excluding hydrogens is 203 g/mol. The van der Waals surface area contributed by atoms with Gasteiger partial charge in [-0.3, -0.25) is 4.79 Å². The Morgan fingerprint density at radius 1 is 1.47 bits per heavy atom. The van der Waals surface area contributed by atoms with E-state index in [2.05, 4.69) is 4.98 Å². The number of hydrogen-bond acceptors (Lipinski definition) is 3. The molecule has 6 heteroatoms. The molecule has 1 aromatic carbocycles. The van der Waals surface area contributed by atoms with Crippen LogP contribution >= 0.6 is 0 Å². The largest absolute Gasteiger partial charge is 0.464 e. The van der Waals surface area contributed by atoms with Crippen molar-refractivity contribution in [3.63, 3.8) is 0 Å². The van der Waals surface area contributed by atoms with Crippen LogP contribution in [0.1, 0.15) is 0 Å². The Bertz CT molecular complexity index is 606. The summed E-state index contributed by atoms with van der Waals surface area (Å²) in [5.41, 5.74) is -0.536. The first-order chi connectivity index (χ1) is 7.09. The molecule has 1 heterocycles. The van der Waals surface area contributed by atoms with Gasteiger partial charge in [0.2, 0.25) is 0 Å². The van der Waals surface area contributed by atoms with Crippen molar-refractivity contribution in [3.05, 3.63) is 40.7 Å². The lowest BCUT2D eigenvalue weighted by atomic mass is 10.2. The smallest absolute Gasteiger partial charge is 0.419 e. The first-order valence-electron chi connectivity index (χ1n) is 4.00. The molecule has 15 heavy (non-hydrogen) atoms. The van der Waals surface area contributed by atoms with Crippen LogP contribution in [0, 0.1) is 5.82 Å². The van der Waals surface area contributed by atoms with Gasteiger partial charge in [0.15, 0.2) is 0 Å². The van der Waals surface area contributed by atoms with E-state index in [1.165, 1.54) is 6.07 Å². The predicted octanol–water partition coefficient (Wildman–Crippen LogP) is 1.06. The number of carbonyl (C=O) groups is 1. The van der Waals surface area contributed by atoms with E-state index in [0.717, 1.165) is 18.5 Å². The molecule has 2 rings (SSSR count). The van der Waals surface area contributed by atoms with Crippen LogP contribution < -0.4 is 5.56 Å². The van der Waals surface area contributed by atoms with E-state index < -0.39 is 17.5 Å². The molecule has 0 unspecified atom stereocenters. The fourth-order valence-corrected chi connectivity index (χ4v) is 1.23. The Hall–Kier alpha value is -2.24. The highest BCUT2D eigenvalue weighted by Crippen LogP contribution is 2.08. The van der Waals surface area contributed by atoms with Gasteiger partial charge in [0.25, 0.3) is 5.56 Å². The van der Waals surface area contributed by atoms with Gasteiger partial charge in [0.1, 0.15) is 12.1 Å². The Kier molecular flexibility index (Phi) is 1.96. The van der Waals surface area contributed by atoms with Crippen molar-refractivity contribution < 1.29 is 14.3 Å². The van der Waals surface area contributed by atoms with Gasteiger partial charge in [-0.2, -0.15) is 0 Å². The van der Waals surface area contributed by atoms with Gasteiger partial charge < -0.3 is 5.11 Å². The molecule has 0 atom stereocenters. The number of rotatable bonds is 0. The third kappa shape index (κ3) is 1.45. The predicted molar refractivity (Wildman–Crippen MR) is 49.4 cm³/mol. The standard InChI is InChI=1S/C9H5FN2O3/c10-5-1-2-7-6(3-5)8(13)12(4-11-7)9(14)15/h1-4H,(H,14,15). The minimum Gasteiger partial charge on any atom is -0.464 e. The van der Waals surface area contributed by atoms with Crippen molar-refractivity contribution in [2.75, 3.05) is 0 Å². The summed E-state index contributed by atoms with van der Waals surface area (Å²) in [4.78, 5) is 25.8. The van der Waals surface area contributed by atoms with Gasteiger partial charge in [0, 0.05) is 0 Å². The maximum absolute atomic E-state index is 12.8. The van der Waals surface area contributed by atoms with Crippen LogP contribution in [0.25, 0.3) is 10.9 Å². The van der Waals surface area contributed by atoms with Crippen molar-refractivity contribution in [2.45, 2.75) is 0 Å². The normalized spacial score (nSPS) is 10.5. The third-order valence-electron chi connectivity index (χ3n) is 1.93. The van der Waals surface area contributed by atoms with Gasteiger partial charge in [-0.15, -0.1) is 0 Å². The summed E-state index contributed by atoms with van der Waals surface area (Å²) < 4.78 is 13.2. The minimum atomic E-state index is -1.45. The molecule has 5 nitrogen and oxygen atoms in total. The fourth-order valence-electron chi connectivity index (χ4n) is 1.23. The summed E-state index contributed by atoms with van der Waals surface area (Å²) in [7, 11) is 0. The van der Waals surface area contributed by atoms with E-state index in [1.54, 1.807) is 0 Å². The zero-order valence-electron chi connectivity index (χ0n) is 7.35. The first kappa shape index (κ1) is 9.32. The molecule has 76 valence electrons. The second kappa shape index (κ2) is 3.16. The van der Waals surface area contributed by atoms with E-state index in [0.29, 0.717) is 4.57 Å². The number of hydrogen-bond donors (Lipinski definition) is 1. The van der Waals surface area contributed by atoms with Gasteiger partial charge in [-0.1, -0.05) is 0 Å². The van der Waals surface area contributed by atoms with Crippen LogP contribution in [0.4, 0.5) is 9.18 Å². The van der Waals surface area contributed by atoms with E-state index in [-0.39, 0.29) is 10.9 Å². The van der Waals surface area contributed by atoms with Crippen molar-refractivity contribution in [3.8, 4) is 0 Å². The summed E-state index contributed by atoms with van der Waals surface area (Å²) >= 11 is 0. The first-order valence-corrected chi connectivity index (χ1v) is 4.00. The van der Waals surface area contributed by atoms with Gasteiger partial charge >= 0.3 is 6.09 Å². The number of aromatic nitrogens is 2. The van der Waals surface area contributed by atoms with Crippen molar-refractivity contribution in [1.29, 1.82) is 0 Å². The SMILES string of the molecule is O=C(O)n1cnc2ccc(F)cc2c1=O. The van der Waals surface area contributed by atoms with Crippen molar-refractivity contribution >= 4 is 17.0 Å². The molecule has 2 aromatic rings. The maximum atomic E-state index is 12.8. The molecule has 0 aliphatic heterocycles. The Morgan fingerprint density at radius 3 is 2.87 bits per heavy atom. The molecule has 0 spiro atoms. The Labute approximate surface area is 82.4 Å². The third-order valence-corrected chi connectivity index (χ3v) is 1.93. The minimum absolute atomic E-state index is 0.0556. The summed E-state index contributed by atoms with van der Waals surface area (Å²) in [6.07, 6.45) is -0.552. The highest BCUT2D eigenvalue weighted by molar-refractivity contribution is 5.80. The average molecular weight is 208 g/mol. The van der Waals surface area contributed by atoms with Crippen LogP contribution in [-0.4, -0.2) is 20.8 Å². The van der Waals surface area contributed by atoms with E-state index in [1.807, 2.05) is 0 Å². The Balaban J connectivity index is 2.89. The molecule has 0 radical (unpaired) electrons. The summed E-state index contributed by atoms with van der Waals surface area (Å²) in [5, 5.41) is 8.57. The van der Waals surface area contributed by atoms with Crippen LogP contribution in [0.5, 0.6) is 0 Å². The lowest BCUT2D eigenvalue weighted by Gasteiger charge is -2.00. The molecule has 0 amide bonds. The summed E-state index contributed by atoms with van der Waals surface area (Å²) in [6, 6.07) is 3.43. The molecule has 0 saturated heterocycles. The second-order valence-electron chi connectivity index (χ2n) is 2.86. The van der Waals surface area contributed by atoms with Gasteiger partial charge in [-0.25, -0.2) is 18.7 Å². The maximum Gasteiger partial charge on any atom is 0.419 e. The van der Waals surface area contributed by atoms with Crippen LogP contribution in [0.2, 0.25) is 0 Å². The number of nitrogens with zero attached hydrogens (tertiary/aromatic N) is 2. The highest BCUT2D eigenvalue weighted by Gasteiger charge is 2.09. The lowest BCUT2D eigenvalue weighted by Crippen LogP contribution is -2.26. The fraction of sp³-hybridized carbons (Fsp3) is 0. The summed E-state index contributed by atoms with van der Waals surface area (Å²) in [6.45, 7) is 0. The second-order valence-corrected chi connectivity index (χ2v) is 2.86. The molecule has 0 aliphatic rings. The van der Waals surface area contributed by atoms with Crippen molar-refractivity contribution in [1.82, 2.24) is 9.55 Å². The molecule has 0 fully saturated rings. The van der Waals surface area contributed by atoms with Crippen molar-refractivity contribution in [2.24, 2.45) is 0 Å². The topological polar surface area (TPSA) is 72.2 Å². The average Bonchev–Trinajstić information content (AvgIpc) is 2.19. The van der Waals surface area contributed by atoms with Gasteiger partial charge in [0.05, 0.1) is 10.9 Å². The van der Waals surface area contributed by atoms with E-state index >= 15 is 0 Å². The molecule has 1 aromatic heterocycles. The Morgan fingerprint density at radius 2 is 2.20 bits per heavy atom. The van der Waals surface area contributed by atoms with E-state index in [4.69, 9.17) is 5.11 Å². The molecule has 1 N–H and O–H groups in total. The number of halogens is 1. The molecular formula is C9H5FN2O3. The van der Waals surface area contributed by atoms with E-state index in [9.17, 15) is 14.0 Å². The molecule has 0 saturated carbocycles.